The fourth-order valence-electron chi connectivity index (χ4n) is 3.31. The highest BCUT2D eigenvalue weighted by molar-refractivity contribution is 7.44. The molecule has 0 amide bonds. The lowest BCUT2D eigenvalue weighted by Gasteiger charge is -2.17. The summed E-state index contributed by atoms with van der Waals surface area (Å²) < 4.78 is 25.9. The van der Waals surface area contributed by atoms with Gasteiger partial charge in [0.05, 0.1) is 13.2 Å². The van der Waals surface area contributed by atoms with Crippen molar-refractivity contribution in [3.8, 4) is 0 Å². The van der Waals surface area contributed by atoms with E-state index in [-0.39, 0.29) is 12.9 Å². The molecule has 6 nitrogen and oxygen atoms in total. The van der Waals surface area contributed by atoms with Crippen molar-refractivity contribution in [3.63, 3.8) is 0 Å². The summed E-state index contributed by atoms with van der Waals surface area (Å²) in [6.07, 6.45) is 21.2. The Morgan fingerprint density at radius 1 is 1.00 bits per heavy atom. The zero-order chi connectivity index (χ0) is 20.5. The second-order valence-corrected chi connectivity index (χ2v) is 8.85. The zero-order valence-corrected chi connectivity index (χ0v) is 18.5. The van der Waals surface area contributed by atoms with Crippen LogP contribution in [-0.4, -0.2) is 30.5 Å². The molecule has 0 aromatic rings. The minimum absolute atomic E-state index is 0.193. The number of phosphoric acid groups is 1. The molecule has 0 aromatic carbocycles. The van der Waals surface area contributed by atoms with Crippen LogP contribution in [0.2, 0.25) is 0 Å². The summed E-state index contributed by atoms with van der Waals surface area (Å²) in [5.74, 6) is 0. The van der Waals surface area contributed by atoms with Crippen molar-refractivity contribution in [1.29, 1.82) is 0 Å². The first kappa shape index (κ1) is 25.8. The first-order valence-corrected chi connectivity index (χ1v) is 12.6. The lowest BCUT2D eigenvalue weighted by atomic mass is 10.1. The molecular formula is C21H40O6P-. The Kier molecular flexibility index (Phi) is 15.3. The highest BCUT2D eigenvalue weighted by atomic mass is 31.2. The number of phosphoric ester groups is 1. The van der Waals surface area contributed by atoms with Gasteiger partial charge in [0.1, 0.15) is 6.10 Å². The van der Waals surface area contributed by atoms with Crippen LogP contribution in [0.3, 0.4) is 0 Å². The molecule has 0 saturated carbocycles. The van der Waals surface area contributed by atoms with Crippen LogP contribution in [0, 0.1) is 0 Å². The van der Waals surface area contributed by atoms with Gasteiger partial charge in [-0.2, -0.15) is 0 Å². The molecule has 0 bridgehead atoms. The van der Waals surface area contributed by atoms with Gasteiger partial charge in [-0.3, -0.25) is 4.57 Å². The summed E-state index contributed by atoms with van der Waals surface area (Å²) in [6, 6.07) is 0. The zero-order valence-electron chi connectivity index (χ0n) is 17.6. The molecular weight excluding hydrogens is 379 g/mol. The molecule has 166 valence electrons. The molecule has 0 radical (unpaired) electrons. The van der Waals surface area contributed by atoms with Crippen LogP contribution in [0.4, 0.5) is 0 Å². The van der Waals surface area contributed by atoms with Gasteiger partial charge in [0.15, 0.2) is 6.29 Å². The topological polar surface area (TPSA) is 88.1 Å². The molecule has 1 aliphatic heterocycles. The number of allylic oxidation sites excluding steroid dienone is 2. The Morgan fingerprint density at radius 2 is 1.57 bits per heavy atom. The highest BCUT2D eigenvalue weighted by Gasteiger charge is 2.26. The van der Waals surface area contributed by atoms with Crippen LogP contribution < -0.4 is 4.89 Å². The Morgan fingerprint density at radius 3 is 2.18 bits per heavy atom. The van der Waals surface area contributed by atoms with Crippen molar-refractivity contribution in [2.45, 2.75) is 109 Å². The maximum atomic E-state index is 10.6. The third kappa shape index (κ3) is 15.7. The normalized spacial score (nSPS) is 22.1. The summed E-state index contributed by atoms with van der Waals surface area (Å²) in [5.41, 5.74) is 0. The van der Waals surface area contributed by atoms with Crippen LogP contribution in [0.1, 0.15) is 96.8 Å². The molecule has 1 rings (SSSR count). The summed E-state index contributed by atoms with van der Waals surface area (Å²) >= 11 is 0. The molecule has 7 heteroatoms. The van der Waals surface area contributed by atoms with Gasteiger partial charge in [0.2, 0.25) is 0 Å². The third-order valence-corrected chi connectivity index (χ3v) is 5.41. The van der Waals surface area contributed by atoms with Gasteiger partial charge in [0, 0.05) is 0 Å². The molecule has 0 aromatic heterocycles. The number of rotatable bonds is 18. The van der Waals surface area contributed by atoms with Crippen LogP contribution in [0.15, 0.2) is 12.2 Å². The highest BCUT2D eigenvalue weighted by Crippen LogP contribution is 2.31. The van der Waals surface area contributed by atoms with Crippen molar-refractivity contribution in [1.82, 2.24) is 0 Å². The summed E-state index contributed by atoms with van der Waals surface area (Å²) in [4.78, 5) is 19.1. The molecule has 1 heterocycles. The first-order valence-electron chi connectivity index (χ1n) is 11.1. The predicted molar refractivity (Wildman–Crippen MR) is 110 cm³/mol. The summed E-state index contributed by atoms with van der Waals surface area (Å²) in [6.45, 7) is 2.36. The smallest absolute Gasteiger partial charge is 0.265 e. The third-order valence-electron chi connectivity index (χ3n) is 4.94. The van der Waals surface area contributed by atoms with Gasteiger partial charge in [0.25, 0.3) is 7.82 Å². The van der Waals surface area contributed by atoms with Crippen molar-refractivity contribution in [3.05, 3.63) is 12.2 Å². The minimum atomic E-state index is -4.68. The van der Waals surface area contributed by atoms with Gasteiger partial charge in [-0.1, -0.05) is 70.4 Å². The van der Waals surface area contributed by atoms with Gasteiger partial charge in [-0.15, -0.1) is 0 Å². The van der Waals surface area contributed by atoms with Gasteiger partial charge >= 0.3 is 0 Å². The molecule has 1 saturated heterocycles. The molecule has 1 aliphatic rings. The maximum absolute atomic E-state index is 10.6. The van der Waals surface area contributed by atoms with E-state index in [2.05, 4.69) is 23.6 Å². The monoisotopic (exact) mass is 419 g/mol. The van der Waals surface area contributed by atoms with E-state index in [0.29, 0.717) is 6.61 Å². The van der Waals surface area contributed by atoms with Gasteiger partial charge in [-0.25, -0.2) is 0 Å². The Hall–Kier alpha value is -0.230. The maximum Gasteiger partial charge on any atom is 0.265 e. The molecule has 1 unspecified atom stereocenters. The first-order chi connectivity index (χ1) is 13.5. The number of ether oxygens (including phenoxy) is 2. The number of unbranched alkanes of at least 4 members (excludes halogenated alkanes) is 11. The predicted octanol–water partition coefficient (Wildman–Crippen LogP) is 5.24. The van der Waals surface area contributed by atoms with Gasteiger partial charge < -0.3 is 23.8 Å². The van der Waals surface area contributed by atoms with Crippen molar-refractivity contribution < 1.29 is 28.3 Å². The fraction of sp³-hybridized carbons (Fsp3) is 0.905. The van der Waals surface area contributed by atoms with E-state index in [0.717, 1.165) is 19.3 Å². The largest absolute Gasteiger partial charge is 0.756 e. The second kappa shape index (κ2) is 16.6. The summed E-state index contributed by atoms with van der Waals surface area (Å²) in [5, 5.41) is 0. The fourth-order valence-corrected chi connectivity index (χ4v) is 3.66. The Balaban J connectivity index is 1.83. The average Bonchev–Trinajstić information content (AvgIpc) is 3.10. The average molecular weight is 420 g/mol. The van der Waals surface area contributed by atoms with Crippen LogP contribution in [-0.2, 0) is 18.6 Å². The van der Waals surface area contributed by atoms with Crippen LogP contribution in [0.5, 0.6) is 0 Å². The second-order valence-electron chi connectivity index (χ2n) is 7.66. The van der Waals surface area contributed by atoms with Crippen molar-refractivity contribution in [2.24, 2.45) is 0 Å². The molecule has 28 heavy (non-hydrogen) atoms. The molecule has 0 spiro atoms. The minimum Gasteiger partial charge on any atom is -0.756 e. The van der Waals surface area contributed by atoms with E-state index in [1.54, 1.807) is 0 Å². The molecule has 0 aliphatic carbocycles. The standard InChI is InChI=1S/C21H41O6P/c1-2-3-4-5-6-7-8-9-10-11-12-13-14-15-16-17-21-25-18-20(27-21)19-26-28(22,23)24/h8-9,20-21H,2-7,10-19H2,1H3,(H2,22,23,24)/p-1/b9-8+/t20-,21-/m0/s1. The lowest BCUT2D eigenvalue weighted by molar-refractivity contribution is -0.222. The lowest BCUT2D eigenvalue weighted by Crippen LogP contribution is -2.20. The van der Waals surface area contributed by atoms with E-state index in [1.807, 2.05) is 0 Å². The van der Waals surface area contributed by atoms with Crippen LogP contribution >= 0.6 is 7.82 Å². The number of hydrogen-bond donors (Lipinski definition) is 1. The Bertz CT molecular complexity index is 437. The van der Waals surface area contributed by atoms with Crippen LogP contribution in [0.25, 0.3) is 0 Å². The van der Waals surface area contributed by atoms with E-state index in [9.17, 15) is 9.46 Å². The van der Waals surface area contributed by atoms with Gasteiger partial charge in [-0.05, 0) is 38.5 Å². The SMILES string of the molecule is CCCCCCC/C=C/CCCCCCCC[C@H]1OC[C@@H](COP(=O)([O-])O)O1. The Labute approximate surface area is 171 Å². The quantitative estimate of drug-likeness (QED) is 0.186. The number of hydrogen-bond acceptors (Lipinski definition) is 5. The van der Waals surface area contributed by atoms with E-state index >= 15 is 0 Å². The van der Waals surface area contributed by atoms with Crippen molar-refractivity contribution >= 4 is 7.82 Å². The molecule has 1 fully saturated rings. The van der Waals surface area contributed by atoms with E-state index in [4.69, 9.17) is 14.4 Å². The summed E-state index contributed by atoms with van der Waals surface area (Å²) in [7, 11) is -4.68. The molecule has 1 N–H and O–H groups in total. The van der Waals surface area contributed by atoms with E-state index in [1.165, 1.54) is 70.6 Å². The molecule has 3 atom stereocenters. The van der Waals surface area contributed by atoms with E-state index < -0.39 is 13.9 Å². The van der Waals surface area contributed by atoms with Crippen molar-refractivity contribution in [2.75, 3.05) is 13.2 Å².